The molecule has 1 atom stereocenters. The van der Waals surface area contributed by atoms with Crippen molar-refractivity contribution in [2.24, 2.45) is 4.99 Å². The molecule has 5 rings (SSSR count). The zero-order chi connectivity index (χ0) is 26.8. The molecular formula is C30H28N2O5S. The number of aromatic nitrogens is 1. The quantitative estimate of drug-likeness (QED) is 0.333. The Morgan fingerprint density at radius 3 is 2.47 bits per heavy atom. The number of carbonyl (C=O) groups excluding carboxylic acids is 1. The summed E-state index contributed by atoms with van der Waals surface area (Å²) in [5.74, 6) is 0.866. The van der Waals surface area contributed by atoms with E-state index >= 15 is 0 Å². The number of nitrogens with zero attached hydrogens (tertiary/aromatic N) is 2. The van der Waals surface area contributed by atoms with Gasteiger partial charge in [0.1, 0.15) is 17.5 Å². The van der Waals surface area contributed by atoms with Crippen LogP contribution in [-0.2, 0) is 9.53 Å². The van der Waals surface area contributed by atoms with Crippen molar-refractivity contribution in [3.8, 4) is 11.5 Å². The van der Waals surface area contributed by atoms with Crippen LogP contribution in [0.4, 0.5) is 0 Å². The van der Waals surface area contributed by atoms with Gasteiger partial charge < -0.3 is 14.2 Å². The van der Waals surface area contributed by atoms with Crippen molar-refractivity contribution in [3.05, 3.63) is 103 Å². The van der Waals surface area contributed by atoms with E-state index < -0.39 is 12.0 Å². The van der Waals surface area contributed by atoms with Gasteiger partial charge in [-0.2, -0.15) is 0 Å². The number of allylic oxidation sites excluding steroid dienone is 1. The van der Waals surface area contributed by atoms with Gasteiger partial charge in [0.15, 0.2) is 4.80 Å². The zero-order valence-corrected chi connectivity index (χ0v) is 22.5. The van der Waals surface area contributed by atoms with Gasteiger partial charge in [0.05, 0.1) is 36.1 Å². The average molecular weight is 529 g/mol. The molecule has 38 heavy (non-hydrogen) atoms. The van der Waals surface area contributed by atoms with Crippen molar-refractivity contribution in [2.75, 3.05) is 20.3 Å². The molecule has 0 N–H and O–H groups in total. The number of methoxy groups -OCH3 is 1. The molecular weight excluding hydrogens is 500 g/mol. The normalized spacial score (nSPS) is 15.3. The van der Waals surface area contributed by atoms with Gasteiger partial charge in [0.2, 0.25) is 0 Å². The lowest BCUT2D eigenvalue weighted by Crippen LogP contribution is -2.40. The third-order valence-corrected chi connectivity index (χ3v) is 7.44. The summed E-state index contributed by atoms with van der Waals surface area (Å²) in [4.78, 5) is 32.3. The van der Waals surface area contributed by atoms with E-state index in [2.05, 4.69) is 4.99 Å². The fourth-order valence-electron chi connectivity index (χ4n) is 4.82. The molecule has 8 heteroatoms. The van der Waals surface area contributed by atoms with Crippen LogP contribution in [0.25, 0.3) is 16.8 Å². The number of esters is 1. The minimum Gasteiger partial charge on any atom is -0.496 e. The van der Waals surface area contributed by atoms with Crippen molar-refractivity contribution < 1.29 is 19.0 Å². The van der Waals surface area contributed by atoms with Crippen molar-refractivity contribution in [1.29, 1.82) is 0 Å². The zero-order valence-electron chi connectivity index (χ0n) is 21.7. The van der Waals surface area contributed by atoms with Crippen molar-refractivity contribution >= 4 is 34.2 Å². The Hall–Kier alpha value is -4.17. The topological polar surface area (TPSA) is 79.1 Å². The van der Waals surface area contributed by atoms with Crippen LogP contribution >= 0.6 is 11.3 Å². The highest BCUT2D eigenvalue weighted by Crippen LogP contribution is 2.35. The maximum Gasteiger partial charge on any atom is 0.338 e. The van der Waals surface area contributed by atoms with E-state index in [-0.39, 0.29) is 12.2 Å². The first-order valence-corrected chi connectivity index (χ1v) is 13.3. The maximum atomic E-state index is 14.0. The Morgan fingerprint density at radius 1 is 1.00 bits per heavy atom. The third kappa shape index (κ3) is 4.41. The molecule has 0 saturated heterocycles. The van der Waals surface area contributed by atoms with E-state index in [1.165, 1.54) is 11.3 Å². The SMILES string of the molecule is CCOC(=O)C1=C(C)N=c2sc(=Cc3ccc(OCC)c4ccccc34)c(=O)n2C1c1ccccc1OC. The van der Waals surface area contributed by atoms with Crippen LogP contribution < -0.4 is 24.4 Å². The molecule has 1 aliphatic heterocycles. The molecule has 0 aliphatic carbocycles. The number of hydrogen-bond acceptors (Lipinski definition) is 7. The second kappa shape index (κ2) is 10.7. The average Bonchev–Trinajstić information content (AvgIpc) is 3.23. The molecule has 7 nitrogen and oxygen atoms in total. The van der Waals surface area contributed by atoms with Gasteiger partial charge in [-0.25, -0.2) is 9.79 Å². The van der Waals surface area contributed by atoms with Gasteiger partial charge in [-0.15, -0.1) is 0 Å². The molecule has 0 saturated carbocycles. The van der Waals surface area contributed by atoms with Crippen molar-refractivity contribution in [3.63, 3.8) is 0 Å². The van der Waals surface area contributed by atoms with Crippen LogP contribution in [0.2, 0.25) is 0 Å². The highest BCUT2D eigenvalue weighted by Gasteiger charge is 2.34. The standard InChI is InChI=1S/C30H28N2O5S/c1-5-36-24-16-15-19(20-11-7-8-12-21(20)24)17-25-28(33)32-27(22-13-9-10-14-23(22)35-4)26(29(34)37-6-2)18(3)31-30(32)38-25/h7-17,27H,5-6H2,1-4H3. The first-order valence-electron chi connectivity index (χ1n) is 12.5. The van der Waals surface area contributed by atoms with Gasteiger partial charge in [-0.1, -0.05) is 59.9 Å². The van der Waals surface area contributed by atoms with Crippen LogP contribution in [0.15, 0.2) is 81.7 Å². The number of thiazole rings is 1. The largest absolute Gasteiger partial charge is 0.496 e. The highest BCUT2D eigenvalue weighted by atomic mass is 32.1. The van der Waals surface area contributed by atoms with E-state index in [9.17, 15) is 9.59 Å². The van der Waals surface area contributed by atoms with Gasteiger partial charge >= 0.3 is 5.97 Å². The fourth-order valence-corrected chi connectivity index (χ4v) is 5.86. The minimum atomic E-state index is -0.735. The number of para-hydroxylation sites is 1. The van der Waals surface area contributed by atoms with Crippen molar-refractivity contribution in [2.45, 2.75) is 26.8 Å². The summed E-state index contributed by atoms with van der Waals surface area (Å²) in [6, 6.07) is 18.5. The third-order valence-electron chi connectivity index (χ3n) is 6.45. The van der Waals surface area contributed by atoms with E-state index in [0.717, 1.165) is 22.1 Å². The van der Waals surface area contributed by atoms with Crippen molar-refractivity contribution in [1.82, 2.24) is 4.57 Å². The van der Waals surface area contributed by atoms with E-state index in [1.807, 2.05) is 73.7 Å². The van der Waals surface area contributed by atoms with Crippen LogP contribution in [-0.4, -0.2) is 30.9 Å². The monoisotopic (exact) mass is 528 g/mol. The second-order valence-electron chi connectivity index (χ2n) is 8.68. The summed E-state index contributed by atoms with van der Waals surface area (Å²) in [5, 5.41) is 1.96. The molecule has 4 aromatic rings. The fraction of sp³-hybridized carbons (Fsp3) is 0.233. The molecule has 1 aromatic heterocycles. The maximum absolute atomic E-state index is 14.0. The van der Waals surface area contributed by atoms with Gasteiger partial charge in [0.25, 0.3) is 5.56 Å². The highest BCUT2D eigenvalue weighted by molar-refractivity contribution is 7.07. The molecule has 194 valence electrons. The van der Waals surface area contributed by atoms with Crippen LogP contribution in [0, 0.1) is 0 Å². The molecule has 2 heterocycles. The number of rotatable bonds is 7. The Bertz CT molecular complexity index is 1750. The first-order chi connectivity index (χ1) is 18.5. The summed E-state index contributed by atoms with van der Waals surface area (Å²) < 4.78 is 18.9. The van der Waals surface area contributed by atoms with Crippen LogP contribution in [0.5, 0.6) is 11.5 Å². The molecule has 1 unspecified atom stereocenters. The first kappa shape index (κ1) is 25.5. The summed E-state index contributed by atoms with van der Waals surface area (Å²) in [6.07, 6.45) is 1.88. The summed E-state index contributed by atoms with van der Waals surface area (Å²) in [6.45, 7) is 6.25. The smallest absolute Gasteiger partial charge is 0.338 e. The van der Waals surface area contributed by atoms with Gasteiger partial charge in [-0.05, 0) is 49.9 Å². The lowest BCUT2D eigenvalue weighted by Gasteiger charge is -2.25. The Labute approximate surface area is 223 Å². The number of carbonyl (C=O) groups is 1. The number of benzene rings is 3. The summed E-state index contributed by atoms with van der Waals surface area (Å²) in [5.41, 5.74) is 2.17. The molecule has 0 amide bonds. The minimum absolute atomic E-state index is 0.212. The van der Waals surface area contributed by atoms with E-state index in [4.69, 9.17) is 14.2 Å². The Kier molecular flexibility index (Phi) is 7.15. The molecule has 0 spiro atoms. The second-order valence-corrected chi connectivity index (χ2v) is 9.68. The number of fused-ring (bicyclic) bond motifs is 2. The lowest BCUT2D eigenvalue weighted by atomic mass is 9.95. The van der Waals surface area contributed by atoms with Crippen LogP contribution in [0.1, 0.15) is 37.9 Å². The van der Waals surface area contributed by atoms with Gasteiger partial charge in [-0.3, -0.25) is 9.36 Å². The Morgan fingerprint density at radius 2 is 1.74 bits per heavy atom. The predicted molar refractivity (Wildman–Crippen MR) is 149 cm³/mol. The van der Waals surface area contributed by atoms with E-state index in [1.54, 1.807) is 25.5 Å². The van der Waals surface area contributed by atoms with E-state index in [0.29, 0.717) is 38.5 Å². The molecule has 3 aromatic carbocycles. The van der Waals surface area contributed by atoms with Crippen LogP contribution in [0.3, 0.4) is 0 Å². The van der Waals surface area contributed by atoms with Gasteiger partial charge in [0, 0.05) is 10.9 Å². The summed E-state index contributed by atoms with van der Waals surface area (Å²) >= 11 is 1.29. The summed E-state index contributed by atoms with van der Waals surface area (Å²) in [7, 11) is 1.57. The number of ether oxygens (including phenoxy) is 3. The lowest BCUT2D eigenvalue weighted by molar-refractivity contribution is -0.139. The predicted octanol–water partition coefficient (Wildman–Crippen LogP) is 4.36. The number of hydrogen-bond donors (Lipinski definition) is 0. The molecule has 0 bridgehead atoms. The molecule has 1 aliphatic rings. The molecule has 0 fully saturated rings. The Balaban J connectivity index is 1.75. The molecule has 0 radical (unpaired) electrons.